The summed E-state index contributed by atoms with van der Waals surface area (Å²) in [6.45, 7) is 1.63. The average Bonchev–Trinajstić information content (AvgIpc) is 2.16. The second-order valence-corrected chi connectivity index (χ2v) is 2.82. The van der Waals surface area contributed by atoms with Gasteiger partial charge in [-0.15, -0.1) is 0 Å². The molecule has 1 aromatic heterocycles. The number of hydrogen-bond donors (Lipinski definition) is 2. The number of nitrogen functional groups attached to an aromatic ring is 2. The van der Waals surface area contributed by atoms with Crippen LogP contribution in [0.4, 0.5) is 11.9 Å². The Balaban J connectivity index is 2.31. The van der Waals surface area contributed by atoms with Gasteiger partial charge in [0, 0.05) is 13.5 Å². The van der Waals surface area contributed by atoms with Crippen molar-refractivity contribution >= 4 is 11.9 Å². The summed E-state index contributed by atoms with van der Waals surface area (Å²) in [6.07, 6.45) is 0.556. The number of nitrogens with two attached hydrogens (primary N) is 2. The van der Waals surface area contributed by atoms with Gasteiger partial charge in [0.1, 0.15) is 5.82 Å². The molecule has 0 amide bonds. The predicted octanol–water partition coefficient (Wildman–Crippen LogP) is -0.758. The molecule has 1 heterocycles. The van der Waals surface area contributed by atoms with Crippen molar-refractivity contribution in [3.8, 4) is 0 Å². The Bertz CT molecular complexity index is 287. The number of rotatable bonds is 6. The molecule has 1 rings (SSSR count). The second-order valence-electron chi connectivity index (χ2n) is 2.82. The van der Waals surface area contributed by atoms with Gasteiger partial charge in [-0.25, -0.2) is 0 Å². The first-order chi connectivity index (χ1) is 7.22. The van der Waals surface area contributed by atoms with Crippen LogP contribution in [0.5, 0.6) is 0 Å². The molecule has 0 saturated carbocycles. The third-order valence-electron chi connectivity index (χ3n) is 1.62. The van der Waals surface area contributed by atoms with E-state index in [4.69, 9.17) is 20.9 Å². The molecule has 0 fully saturated rings. The summed E-state index contributed by atoms with van der Waals surface area (Å²) >= 11 is 0. The minimum Gasteiger partial charge on any atom is -0.382 e. The third-order valence-corrected chi connectivity index (χ3v) is 1.62. The number of aromatic nitrogens is 3. The third kappa shape index (κ3) is 4.52. The highest BCUT2D eigenvalue weighted by Crippen LogP contribution is 1.99. The number of methoxy groups -OCH3 is 1. The van der Waals surface area contributed by atoms with E-state index < -0.39 is 0 Å². The van der Waals surface area contributed by atoms with E-state index in [1.807, 2.05) is 0 Å². The molecule has 0 aliphatic heterocycles. The van der Waals surface area contributed by atoms with Crippen molar-refractivity contribution in [3.05, 3.63) is 5.82 Å². The summed E-state index contributed by atoms with van der Waals surface area (Å²) in [4.78, 5) is 11.5. The van der Waals surface area contributed by atoms with Crippen molar-refractivity contribution in [3.63, 3.8) is 0 Å². The van der Waals surface area contributed by atoms with Crippen LogP contribution >= 0.6 is 0 Å². The molecule has 1 aromatic rings. The molecule has 7 heteroatoms. The van der Waals surface area contributed by atoms with E-state index in [1.165, 1.54) is 0 Å². The summed E-state index contributed by atoms with van der Waals surface area (Å²) in [6, 6.07) is 0. The molecular weight excluding hydrogens is 198 g/mol. The Kier molecular flexibility index (Phi) is 4.72. The van der Waals surface area contributed by atoms with Gasteiger partial charge in [0.25, 0.3) is 0 Å². The zero-order chi connectivity index (χ0) is 11.1. The lowest BCUT2D eigenvalue weighted by molar-refractivity contribution is 0.0716. The van der Waals surface area contributed by atoms with Crippen LogP contribution in [0.2, 0.25) is 0 Å². The summed E-state index contributed by atoms with van der Waals surface area (Å²) in [7, 11) is 1.62. The molecule has 15 heavy (non-hydrogen) atoms. The molecule has 0 atom stereocenters. The van der Waals surface area contributed by atoms with Crippen molar-refractivity contribution in [2.75, 3.05) is 38.4 Å². The van der Waals surface area contributed by atoms with Gasteiger partial charge in [0.2, 0.25) is 11.9 Å². The first-order valence-corrected chi connectivity index (χ1v) is 4.55. The summed E-state index contributed by atoms with van der Waals surface area (Å²) < 4.78 is 10.1. The topological polar surface area (TPSA) is 109 Å². The molecule has 0 saturated heterocycles. The van der Waals surface area contributed by atoms with Gasteiger partial charge in [0.15, 0.2) is 0 Å². The fourth-order valence-electron chi connectivity index (χ4n) is 0.976. The van der Waals surface area contributed by atoms with E-state index in [0.29, 0.717) is 32.1 Å². The molecular formula is C8H15N5O2. The summed E-state index contributed by atoms with van der Waals surface area (Å²) in [5.41, 5.74) is 10.8. The van der Waals surface area contributed by atoms with Crippen LogP contribution in [0, 0.1) is 0 Å². The van der Waals surface area contributed by atoms with E-state index in [1.54, 1.807) is 7.11 Å². The van der Waals surface area contributed by atoms with E-state index in [9.17, 15) is 0 Å². The molecule has 0 aliphatic rings. The smallest absolute Gasteiger partial charge is 0.225 e. The van der Waals surface area contributed by atoms with E-state index in [-0.39, 0.29) is 11.9 Å². The highest BCUT2D eigenvalue weighted by Gasteiger charge is 2.01. The normalized spacial score (nSPS) is 10.5. The van der Waals surface area contributed by atoms with E-state index in [2.05, 4.69) is 15.0 Å². The minimum atomic E-state index is 0.134. The molecule has 4 N–H and O–H groups in total. The van der Waals surface area contributed by atoms with Crippen molar-refractivity contribution in [1.82, 2.24) is 15.0 Å². The molecule has 0 radical (unpaired) electrons. The molecule has 0 unspecified atom stereocenters. The van der Waals surface area contributed by atoms with Crippen LogP contribution in [0.1, 0.15) is 5.82 Å². The SMILES string of the molecule is COCCOCCc1nc(N)nc(N)n1. The number of hydrogen-bond acceptors (Lipinski definition) is 7. The Morgan fingerprint density at radius 1 is 1.00 bits per heavy atom. The predicted molar refractivity (Wildman–Crippen MR) is 55.1 cm³/mol. The zero-order valence-electron chi connectivity index (χ0n) is 8.64. The maximum atomic E-state index is 5.41. The van der Waals surface area contributed by atoms with Crippen molar-refractivity contribution in [1.29, 1.82) is 0 Å². The van der Waals surface area contributed by atoms with Crippen LogP contribution in [0.15, 0.2) is 0 Å². The first-order valence-electron chi connectivity index (χ1n) is 4.55. The fraction of sp³-hybridized carbons (Fsp3) is 0.625. The number of nitrogens with zero attached hydrogens (tertiary/aromatic N) is 3. The minimum absolute atomic E-state index is 0.134. The van der Waals surface area contributed by atoms with Gasteiger partial charge in [-0.1, -0.05) is 0 Å². The van der Waals surface area contributed by atoms with Crippen LogP contribution in [-0.2, 0) is 15.9 Å². The maximum Gasteiger partial charge on any atom is 0.225 e. The molecule has 0 aliphatic carbocycles. The van der Waals surface area contributed by atoms with Gasteiger partial charge in [-0.2, -0.15) is 15.0 Å². The lowest BCUT2D eigenvalue weighted by Crippen LogP contribution is -2.10. The highest BCUT2D eigenvalue weighted by atomic mass is 16.5. The van der Waals surface area contributed by atoms with Crippen molar-refractivity contribution < 1.29 is 9.47 Å². The monoisotopic (exact) mass is 213 g/mol. The number of ether oxygens (including phenoxy) is 2. The second kappa shape index (κ2) is 6.10. The van der Waals surface area contributed by atoms with Crippen molar-refractivity contribution in [2.45, 2.75) is 6.42 Å². The fourth-order valence-corrected chi connectivity index (χ4v) is 0.976. The quantitative estimate of drug-likeness (QED) is 0.598. The van der Waals surface area contributed by atoms with E-state index in [0.717, 1.165) is 0 Å². The highest BCUT2D eigenvalue weighted by molar-refractivity contribution is 5.25. The standard InChI is InChI=1S/C8H15N5O2/c1-14-4-5-15-3-2-6-11-7(9)13-8(10)12-6/h2-5H2,1H3,(H4,9,10,11,12,13). The zero-order valence-corrected chi connectivity index (χ0v) is 8.64. The Labute approximate surface area is 87.8 Å². The van der Waals surface area contributed by atoms with Crippen LogP contribution in [0.25, 0.3) is 0 Å². The van der Waals surface area contributed by atoms with Gasteiger partial charge < -0.3 is 20.9 Å². The van der Waals surface area contributed by atoms with Crippen LogP contribution < -0.4 is 11.5 Å². The Morgan fingerprint density at radius 3 is 2.27 bits per heavy atom. The van der Waals surface area contributed by atoms with Gasteiger partial charge in [-0.05, 0) is 0 Å². The Morgan fingerprint density at radius 2 is 1.67 bits per heavy atom. The van der Waals surface area contributed by atoms with Gasteiger partial charge in [-0.3, -0.25) is 0 Å². The van der Waals surface area contributed by atoms with Crippen LogP contribution in [0.3, 0.4) is 0 Å². The summed E-state index contributed by atoms with van der Waals surface area (Å²) in [5.74, 6) is 0.807. The molecule has 0 spiro atoms. The first kappa shape index (κ1) is 11.6. The Hall–Kier alpha value is -1.47. The van der Waals surface area contributed by atoms with Gasteiger partial charge >= 0.3 is 0 Å². The molecule has 0 bridgehead atoms. The largest absolute Gasteiger partial charge is 0.382 e. The molecule has 7 nitrogen and oxygen atoms in total. The average molecular weight is 213 g/mol. The lowest BCUT2D eigenvalue weighted by atomic mass is 10.4. The molecule has 0 aromatic carbocycles. The van der Waals surface area contributed by atoms with Crippen LogP contribution in [-0.4, -0.2) is 41.9 Å². The van der Waals surface area contributed by atoms with Gasteiger partial charge in [0.05, 0.1) is 19.8 Å². The lowest BCUT2D eigenvalue weighted by Gasteiger charge is -2.03. The number of anilines is 2. The summed E-state index contributed by atoms with van der Waals surface area (Å²) in [5, 5.41) is 0. The molecule has 84 valence electrons. The van der Waals surface area contributed by atoms with E-state index >= 15 is 0 Å². The maximum absolute atomic E-state index is 5.41. The van der Waals surface area contributed by atoms with Crippen molar-refractivity contribution in [2.24, 2.45) is 0 Å².